The first-order valence-electron chi connectivity index (χ1n) is 4.97. The minimum atomic E-state index is -0.277. The summed E-state index contributed by atoms with van der Waals surface area (Å²) in [5.74, 6) is 0. The van der Waals surface area contributed by atoms with Gasteiger partial charge < -0.3 is 15.4 Å². The number of nitrogens with zero attached hydrogens (tertiary/aromatic N) is 1. The average molecular weight is 243 g/mol. The summed E-state index contributed by atoms with van der Waals surface area (Å²) >= 11 is 0. The van der Waals surface area contributed by atoms with Crippen LogP contribution >= 0.6 is 12.4 Å². The van der Waals surface area contributed by atoms with E-state index in [0.717, 1.165) is 5.56 Å². The molecule has 0 spiro atoms. The van der Waals surface area contributed by atoms with E-state index in [-0.39, 0.29) is 24.5 Å². The number of carbonyl (C=O) groups excluding carboxylic acids is 1. The molecule has 1 aromatic rings. The van der Waals surface area contributed by atoms with Crippen LogP contribution in [0.25, 0.3) is 0 Å². The zero-order valence-electron chi connectivity index (χ0n) is 8.83. The molecular formula is C11H15ClN2O2. The molecule has 1 heterocycles. The number of nitrogens with two attached hydrogens (primary N) is 1. The minimum absolute atomic E-state index is 0. The molecule has 1 amide bonds. The third kappa shape index (κ3) is 3.12. The van der Waals surface area contributed by atoms with Crippen LogP contribution in [0.3, 0.4) is 0 Å². The van der Waals surface area contributed by atoms with E-state index < -0.39 is 0 Å². The van der Waals surface area contributed by atoms with Gasteiger partial charge in [0.15, 0.2) is 0 Å². The van der Waals surface area contributed by atoms with Crippen LogP contribution in [-0.2, 0) is 11.3 Å². The molecule has 1 fully saturated rings. The normalized spacial score (nSPS) is 14.9. The molecular weight excluding hydrogens is 228 g/mol. The monoisotopic (exact) mass is 242 g/mol. The minimum Gasteiger partial charge on any atom is -0.445 e. The summed E-state index contributed by atoms with van der Waals surface area (Å²) < 4.78 is 5.11. The Hall–Kier alpha value is -1.26. The van der Waals surface area contributed by atoms with Crippen molar-refractivity contribution in [3.05, 3.63) is 35.9 Å². The third-order valence-corrected chi connectivity index (χ3v) is 2.37. The fraction of sp³-hybridized carbons (Fsp3) is 0.364. The third-order valence-electron chi connectivity index (χ3n) is 2.37. The second kappa shape index (κ2) is 5.72. The van der Waals surface area contributed by atoms with Crippen molar-refractivity contribution >= 4 is 18.5 Å². The second-order valence-corrected chi connectivity index (χ2v) is 3.71. The molecule has 1 aliphatic heterocycles. The number of likely N-dealkylation sites (tertiary alicyclic amines) is 1. The summed E-state index contributed by atoms with van der Waals surface area (Å²) in [6.45, 7) is 1.53. The Morgan fingerprint density at radius 1 is 1.38 bits per heavy atom. The highest BCUT2D eigenvalue weighted by molar-refractivity contribution is 5.85. The molecule has 1 aromatic carbocycles. The van der Waals surface area contributed by atoms with Gasteiger partial charge in [-0.15, -0.1) is 12.4 Å². The van der Waals surface area contributed by atoms with Crippen molar-refractivity contribution < 1.29 is 9.53 Å². The van der Waals surface area contributed by atoms with Gasteiger partial charge in [0.25, 0.3) is 0 Å². The number of carbonyl (C=O) groups is 1. The predicted octanol–water partition coefficient (Wildman–Crippen LogP) is 1.39. The number of rotatable bonds is 2. The van der Waals surface area contributed by atoms with Crippen LogP contribution in [0.4, 0.5) is 4.79 Å². The zero-order valence-corrected chi connectivity index (χ0v) is 9.65. The smallest absolute Gasteiger partial charge is 0.410 e. The number of halogens is 1. The summed E-state index contributed by atoms with van der Waals surface area (Å²) in [6.07, 6.45) is -0.277. The van der Waals surface area contributed by atoms with E-state index in [9.17, 15) is 4.79 Å². The van der Waals surface area contributed by atoms with Gasteiger partial charge in [0.2, 0.25) is 0 Å². The zero-order chi connectivity index (χ0) is 10.7. The first-order valence-corrected chi connectivity index (χ1v) is 4.97. The van der Waals surface area contributed by atoms with Gasteiger partial charge >= 0.3 is 6.09 Å². The Labute approximate surface area is 101 Å². The largest absolute Gasteiger partial charge is 0.445 e. The topological polar surface area (TPSA) is 55.6 Å². The quantitative estimate of drug-likeness (QED) is 0.853. The van der Waals surface area contributed by atoms with E-state index in [1.807, 2.05) is 30.3 Å². The van der Waals surface area contributed by atoms with Crippen LogP contribution in [0.5, 0.6) is 0 Å². The molecule has 0 bridgehead atoms. The molecule has 0 saturated carbocycles. The summed E-state index contributed by atoms with van der Waals surface area (Å²) in [5.41, 5.74) is 6.56. The van der Waals surface area contributed by atoms with Gasteiger partial charge in [-0.25, -0.2) is 4.79 Å². The summed E-state index contributed by atoms with van der Waals surface area (Å²) in [4.78, 5) is 13.0. The Morgan fingerprint density at radius 3 is 2.56 bits per heavy atom. The maximum Gasteiger partial charge on any atom is 0.410 e. The molecule has 4 nitrogen and oxygen atoms in total. The van der Waals surface area contributed by atoms with E-state index in [1.165, 1.54) is 0 Å². The Morgan fingerprint density at radius 2 is 2.00 bits per heavy atom. The Kier molecular flexibility index (Phi) is 4.58. The molecule has 0 aromatic heterocycles. The lowest BCUT2D eigenvalue weighted by atomic mass is 10.1. The first-order chi connectivity index (χ1) is 7.25. The van der Waals surface area contributed by atoms with Crippen molar-refractivity contribution in [2.75, 3.05) is 13.1 Å². The molecule has 88 valence electrons. The highest BCUT2D eigenvalue weighted by Gasteiger charge is 2.28. The van der Waals surface area contributed by atoms with E-state index in [0.29, 0.717) is 19.7 Å². The summed E-state index contributed by atoms with van der Waals surface area (Å²) in [6, 6.07) is 9.74. The molecule has 2 N–H and O–H groups in total. The highest BCUT2D eigenvalue weighted by Crippen LogP contribution is 2.09. The highest BCUT2D eigenvalue weighted by atomic mass is 35.5. The van der Waals surface area contributed by atoms with Gasteiger partial charge in [-0.05, 0) is 5.56 Å². The number of hydrogen-bond acceptors (Lipinski definition) is 3. The molecule has 16 heavy (non-hydrogen) atoms. The lowest BCUT2D eigenvalue weighted by molar-refractivity contribution is 0.0674. The number of hydrogen-bond donors (Lipinski definition) is 1. The first kappa shape index (κ1) is 12.8. The maximum absolute atomic E-state index is 11.4. The Bertz CT molecular complexity index is 339. The van der Waals surface area contributed by atoms with Gasteiger partial charge in [0.1, 0.15) is 6.61 Å². The number of ether oxygens (including phenoxy) is 1. The predicted molar refractivity (Wildman–Crippen MR) is 63.4 cm³/mol. The summed E-state index contributed by atoms with van der Waals surface area (Å²) in [7, 11) is 0. The van der Waals surface area contributed by atoms with Gasteiger partial charge in [0, 0.05) is 19.1 Å². The molecule has 0 aliphatic carbocycles. The fourth-order valence-corrected chi connectivity index (χ4v) is 1.47. The van der Waals surface area contributed by atoms with Crippen molar-refractivity contribution in [1.82, 2.24) is 4.90 Å². The molecule has 5 heteroatoms. The van der Waals surface area contributed by atoms with Gasteiger partial charge in [-0.3, -0.25) is 0 Å². The van der Waals surface area contributed by atoms with Gasteiger partial charge in [-0.1, -0.05) is 30.3 Å². The van der Waals surface area contributed by atoms with Gasteiger partial charge in [0.05, 0.1) is 0 Å². The SMILES string of the molecule is Cl.NC1CN(C(=O)OCc2ccccc2)C1. The molecule has 0 unspecified atom stereocenters. The van der Waals surface area contributed by atoms with Crippen LogP contribution in [0, 0.1) is 0 Å². The molecule has 0 atom stereocenters. The van der Waals surface area contributed by atoms with Crippen molar-refractivity contribution in [1.29, 1.82) is 0 Å². The lowest BCUT2D eigenvalue weighted by Gasteiger charge is -2.35. The molecule has 0 radical (unpaired) electrons. The molecule has 1 aliphatic rings. The van der Waals surface area contributed by atoms with Crippen molar-refractivity contribution in [3.63, 3.8) is 0 Å². The fourth-order valence-electron chi connectivity index (χ4n) is 1.47. The van der Waals surface area contributed by atoms with E-state index in [4.69, 9.17) is 10.5 Å². The van der Waals surface area contributed by atoms with E-state index >= 15 is 0 Å². The number of amides is 1. The van der Waals surface area contributed by atoms with Crippen LogP contribution in [0.2, 0.25) is 0 Å². The number of benzene rings is 1. The Balaban J connectivity index is 0.00000128. The van der Waals surface area contributed by atoms with Gasteiger partial charge in [-0.2, -0.15) is 0 Å². The van der Waals surface area contributed by atoms with E-state index in [2.05, 4.69) is 0 Å². The van der Waals surface area contributed by atoms with Crippen LogP contribution in [-0.4, -0.2) is 30.1 Å². The van der Waals surface area contributed by atoms with Crippen molar-refractivity contribution in [2.24, 2.45) is 5.73 Å². The summed E-state index contributed by atoms with van der Waals surface area (Å²) in [5, 5.41) is 0. The maximum atomic E-state index is 11.4. The van der Waals surface area contributed by atoms with Crippen LogP contribution in [0.15, 0.2) is 30.3 Å². The standard InChI is InChI=1S/C11H14N2O2.ClH/c12-10-6-13(7-10)11(14)15-8-9-4-2-1-3-5-9;/h1-5,10H,6-8,12H2;1H. The van der Waals surface area contributed by atoms with E-state index in [1.54, 1.807) is 4.90 Å². The molecule has 2 rings (SSSR count). The van der Waals surface area contributed by atoms with Crippen molar-refractivity contribution in [3.8, 4) is 0 Å². The average Bonchev–Trinajstić information content (AvgIpc) is 2.23. The molecule has 1 saturated heterocycles. The van der Waals surface area contributed by atoms with Crippen LogP contribution in [0.1, 0.15) is 5.56 Å². The lowest BCUT2D eigenvalue weighted by Crippen LogP contribution is -2.57. The van der Waals surface area contributed by atoms with Crippen LogP contribution < -0.4 is 5.73 Å². The second-order valence-electron chi connectivity index (χ2n) is 3.71. The van der Waals surface area contributed by atoms with Crippen molar-refractivity contribution in [2.45, 2.75) is 12.6 Å².